The molecule has 62 valence electrons. The molecule has 0 N–H and O–H groups in total. The molecule has 0 aromatic carbocycles. The van der Waals surface area contributed by atoms with Crippen molar-refractivity contribution in [2.24, 2.45) is 0 Å². The minimum atomic E-state index is 0.640. The Labute approximate surface area is 71.8 Å². The second-order valence-electron chi connectivity index (χ2n) is 3.00. The first-order valence-corrected chi connectivity index (χ1v) is 4.19. The van der Waals surface area contributed by atoms with E-state index in [1.54, 1.807) is 11.0 Å². The maximum atomic E-state index is 4.31. The molecule has 0 spiro atoms. The van der Waals surface area contributed by atoms with Gasteiger partial charge in [-0.1, -0.05) is 5.92 Å². The van der Waals surface area contributed by atoms with Gasteiger partial charge in [-0.3, -0.25) is 0 Å². The zero-order valence-electron chi connectivity index (χ0n) is 7.12. The number of hydrogen-bond donors (Lipinski definition) is 0. The Morgan fingerprint density at radius 1 is 1.67 bits per heavy atom. The Balaban J connectivity index is 2.05. The molecule has 1 aliphatic carbocycles. The van der Waals surface area contributed by atoms with Crippen molar-refractivity contribution in [3.8, 4) is 11.8 Å². The average Bonchev–Trinajstić information content (AvgIpc) is 2.83. The van der Waals surface area contributed by atoms with Crippen molar-refractivity contribution >= 4 is 0 Å². The van der Waals surface area contributed by atoms with Gasteiger partial charge in [-0.2, -0.15) is 5.10 Å². The molecule has 3 nitrogen and oxygen atoms in total. The molecule has 0 unspecified atom stereocenters. The lowest BCUT2D eigenvalue weighted by Gasteiger charge is -1.89. The molecule has 0 amide bonds. The van der Waals surface area contributed by atoms with Crippen molar-refractivity contribution in [3.63, 3.8) is 0 Å². The van der Waals surface area contributed by atoms with Crippen LogP contribution in [0.2, 0.25) is 0 Å². The lowest BCUT2D eigenvalue weighted by molar-refractivity contribution is 0.697. The number of nitrogens with zero attached hydrogens (tertiary/aromatic N) is 3. The molecule has 2 rings (SSSR count). The highest BCUT2D eigenvalue weighted by molar-refractivity contribution is 5.03. The van der Waals surface area contributed by atoms with Crippen molar-refractivity contribution in [1.82, 2.24) is 14.8 Å². The zero-order valence-corrected chi connectivity index (χ0v) is 7.12. The predicted octanol–water partition coefficient (Wildman–Crippen LogP) is 1.18. The summed E-state index contributed by atoms with van der Waals surface area (Å²) < 4.78 is 1.80. The fourth-order valence-corrected chi connectivity index (χ4v) is 1.07. The standard InChI is InChI=1S/C9H11N3/c1-2-3-6-12-7-10-9(11-12)8-4-5-8/h7-8H,4-6H2,1H3. The summed E-state index contributed by atoms with van der Waals surface area (Å²) in [5.41, 5.74) is 0. The SMILES string of the molecule is CC#CCn1cnc(C2CC2)n1. The van der Waals surface area contributed by atoms with Gasteiger partial charge >= 0.3 is 0 Å². The van der Waals surface area contributed by atoms with Crippen LogP contribution in [0.1, 0.15) is 31.5 Å². The van der Waals surface area contributed by atoms with Crippen LogP contribution in [0.3, 0.4) is 0 Å². The molecule has 1 aromatic rings. The van der Waals surface area contributed by atoms with Crippen molar-refractivity contribution in [3.05, 3.63) is 12.2 Å². The van der Waals surface area contributed by atoms with Crippen LogP contribution in [0.5, 0.6) is 0 Å². The Morgan fingerprint density at radius 2 is 2.50 bits per heavy atom. The molecule has 1 heterocycles. The molecular weight excluding hydrogens is 150 g/mol. The van der Waals surface area contributed by atoms with Gasteiger partial charge in [0, 0.05) is 5.92 Å². The largest absolute Gasteiger partial charge is 0.241 e. The van der Waals surface area contributed by atoms with E-state index in [2.05, 4.69) is 21.9 Å². The first kappa shape index (κ1) is 7.35. The van der Waals surface area contributed by atoms with Crippen LogP contribution in [-0.2, 0) is 6.54 Å². The summed E-state index contributed by atoms with van der Waals surface area (Å²) in [6, 6.07) is 0. The molecular formula is C9H11N3. The third kappa shape index (κ3) is 1.48. The van der Waals surface area contributed by atoms with E-state index in [0.29, 0.717) is 12.5 Å². The Kier molecular flexibility index (Phi) is 1.83. The first-order valence-electron chi connectivity index (χ1n) is 4.19. The smallest absolute Gasteiger partial charge is 0.153 e. The molecule has 0 aliphatic heterocycles. The van der Waals surface area contributed by atoms with Crippen molar-refractivity contribution < 1.29 is 0 Å². The van der Waals surface area contributed by atoms with Crippen molar-refractivity contribution in [2.45, 2.75) is 32.2 Å². The molecule has 3 heteroatoms. The molecule has 1 fully saturated rings. The normalized spacial score (nSPS) is 15.4. The Morgan fingerprint density at radius 3 is 3.17 bits per heavy atom. The number of hydrogen-bond acceptors (Lipinski definition) is 2. The van der Waals surface area contributed by atoms with E-state index in [1.165, 1.54) is 12.8 Å². The van der Waals surface area contributed by atoms with Crippen LogP contribution in [0.25, 0.3) is 0 Å². The molecule has 1 aliphatic rings. The van der Waals surface area contributed by atoms with Crippen molar-refractivity contribution in [1.29, 1.82) is 0 Å². The molecule has 0 atom stereocenters. The Hall–Kier alpha value is -1.30. The monoisotopic (exact) mass is 161 g/mol. The van der Waals surface area contributed by atoms with Crippen LogP contribution in [-0.4, -0.2) is 14.8 Å². The van der Waals surface area contributed by atoms with E-state index < -0.39 is 0 Å². The van der Waals surface area contributed by atoms with Gasteiger partial charge in [-0.25, -0.2) is 9.67 Å². The zero-order chi connectivity index (χ0) is 8.39. The summed E-state index contributed by atoms with van der Waals surface area (Å²) in [5.74, 6) is 7.41. The summed E-state index contributed by atoms with van der Waals surface area (Å²) in [4.78, 5) is 4.22. The van der Waals surface area contributed by atoms with Gasteiger partial charge in [0.1, 0.15) is 12.9 Å². The van der Waals surface area contributed by atoms with Crippen LogP contribution < -0.4 is 0 Å². The fraction of sp³-hybridized carbons (Fsp3) is 0.556. The lowest BCUT2D eigenvalue weighted by atomic mass is 10.4. The molecule has 12 heavy (non-hydrogen) atoms. The predicted molar refractivity (Wildman–Crippen MR) is 45.4 cm³/mol. The van der Waals surface area contributed by atoms with Gasteiger partial charge in [0.25, 0.3) is 0 Å². The lowest BCUT2D eigenvalue weighted by Crippen LogP contribution is -1.96. The highest BCUT2D eigenvalue weighted by Gasteiger charge is 2.27. The summed E-state index contributed by atoms with van der Waals surface area (Å²) >= 11 is 0. The molecule has 0 radical (unpaired) electrons. The van der Waals surface area contributed by atoms with Gasteiger partial charge in [-0.05, 0) is 19.8 Å². The van der Waals surface area contributed by atoms with Crippen LogP contribution >= 0.6 is 0 Å². The van der Waals surface area contributed by atoms with E-state index in [4.69, 9.17) is 0 Å². The first-order chi connectivity index (χ1) is 5.90. The van der Waals surface area contributed by atoms with E-state index in [0.717, 1.165) is 5.82 Å². The van der Waals surface area contributed by atoms with Gasteiger partial charge < -0.3 is 0 Å². The van der Waals surface area contributed by atoms with Crippen molar-refractivity contribution in [2.75, 3.05) is 0 Å². The van der Waals surface area contributed by atoms with E-state index >= 15 is 0 Å². The summed E-state index contributed by atoms with van der Waals surface area (Å²) in [7, 11) is 0. The average molecular weight is 161 g/mol. The van der Waals surface area contributed by atoms with E-state index in [1.807, 2.05) is 6.92 Å². The fourth-order valence-electron chi connectivity index (χ4n) is 1.07. The second-order valence-corrected chi connectivity index (χ2v) is 3.00. The maximum absolute atomic E-state index is 4.31. The van der Waals surface area contributed by atoms with Gasteiger partial charge in [0.15, 0.2) is 5.82 Å². The maximum Gasteiger partial charge on any atom is 0.153 e. The van der Waals surface area contributed by atoms with Crippen LogP contribution in [0.4, 0.5) is 0 Å². The van der Waals surface area contributed by atoms with Gasteiger partial charge in [-0.15, -0.1) is 5.92 Å². The highest BCUT2D eigenvalue weighted by atomic mass is 15.3. The minimum Gasteiger partial charge on any atom is -0.241 e. The molecule has 1 saturated carbocycles. The van der Waals surface area contributed by atoms with E-state index in [9.17, 15) is 0 Å². The van der Waals surface area contributed by atoms with Crippen LogP contribution in [0, 0.1) is 11.8 Å². The van der Waals surface area contributed by atoms with Gasteiger partial charge in [0.2, 0.25) is 0 Å². The summed E-state index contributed by atoms with van der Waals surface area (Å²) in [5, 5.41) is 4.31. The topological polar surface area (TPSA) is 30.7 Å². The van der Waals surface area contributed by atoms with E-state index in [-0.39, 0.29) is 0 Å². The number of aromatic nitrogens is 3. The quantitative estimate of drug-likeness (QED) is 0.610. The second kappa shape index (κ2) is 2.98. The Bertz CT molecular complexity index is 325. The summed E-state index contributed by atoms with van der Waals surface area (Å²) in [6.45, 7) is 2.49. The minimum absolute atomic E-state index is 0.640. The molecule has 0 saturated heterocycles. The van der Waals surface area contributed by atoms with Gasteiger partial charge in [0.05, 0.1) is 0 Å². The van der Waals surface area contributed by atoms with Crippen LogP contribution in [0.15, 0.2) is 6.33 Å². The number of rotatable bonds is 2. The third-order valence-corrected chi connectivity index (χ3v) is 1.91. The molecule has 1 aromatic heterocycles. The highest BCUT2D eigenvalue weighted by Crippen LogP contribution is 2.37. The molecule has 0 bridgehead atoms. The summed E-state index contributed by atoms with van der Waals surface area (Å²) in [6.07, 6.45) is 4.27. The third-order valence-electron chi connectivity index (χ3n) is 1.91.